The van der Waals surface area contributed by atoms with E-state index in [1.807, 2.05) is 0 Å². The number of nitrogens with two attached hydrogens (primary N) is 1. The summed E-state index contributed by atoms with van der Waals surface area (Å²) < 4.78 is 4.35. The van der Waals surface area contributed by atoms with E-state index < -0.39 is 4.92 Å². The number of nitro benzene ring substituents is 1. The van der Waals surface area contributed by atoms with Gasteiger partial charge in [0.2, 0.25) is 11.6 Å². The first-order chi connectivity index (χ1) is 8.66. The first-order valence-electron chi connectivity index (χ1n) is 4.78. The average Bonchev–Trinajstić information content (AvgIpc) is 2.76. The smallest absolute Gasteiger partial charge is 0.269 e. The number of benzene rings is 1. The number of nitrogens with zero attached hydrogens (tertiary/aromatic N) is 4. The van der Waals surface area contributed by atoms with Crippen molar-refractivity contribution < 1.29 is 9.55 Å². The van der Waals surface area contributed by atoms with Crippen molar-refractivity contribution >= 4 is 23.5 Å². The van der Waals surface area contributed by atoms with Gasteiger partial charge in [0.15, 0.2) is 0 Å². The number of anilines is 2. The lowest BCUT2D eigenvalue weighted by Crippen LogP contribution is -1.95. The molecular formula is C9H8N6O3. The summed E-state index contributed by atoms with van der Waals surface area (Å²) >= 11 is 0. The Morgan fingerprint density at radius 2 is 2.11 bits per heavy atom. The molecule has 0 spiro atoms. The number of nitrogens with one attached hydrogen (secondary N) is 1. The van der Waals surface area contributed by atoms with Gasteiger partial charge in [-0.3, -0.25) is 15.5 Å². The molecule has 18 heavy (non-hydrogen) atoms. The summed E-state index contributed by atoms with van der Waals surface area (Å²) in [6.45, 7) is 0. The summed E-state index contributed by atoms with van der Waals surface area (Å²) in [6, 6.07) is 5.89. The van der Waals surface area contributed by atoms with E-state index in [2.05, 4.69) is 25.5 Å². The van der Waals surface area contributed by atoms with E-state index >= 15 is 0 Å². The van der Waals surface area contributed by atoms with Gasteiger partial charge in [-0.2, -0.15) is 5.10 Å². The Bertz CT molecular complexity index is 576. The fraction of sp³-hybridized carbons (Fsp3) is 0. The highest BCUT2D eigenvalue weighted by atomic mass is 16.6. The maximum Gasteiger partial charge on any atom is 0.269 e. The van der Waals surface area contributed by atoms with Crippen molar-refractivity contribution in [2.24, 2.45) is 5.10 Å². The maximum atomic E-state index is 10.4. The van der Waals surface area contributed by atoms with Crippen LogP contribution < -0.4 is 11.2 Å². The summed E-state index contributed by atoms with van der Waals surface area (Å²) in [7, 11) is 0. The number of non-ortho nitro benzene ring substituents is 1. The number of hydrogen-bond donors (Lipinski definition) is 2. The molecule has 0 bridgehead atoms. The SMILES string of the molecule is Nc1nonc1N/N=C/c1ccc([N+](=O)[O-])cc1. The minimum atomic E-state index is -0.471. The predicted octanol–water partition coefficient (Wildman–Crippen LogP) is 1.01. The summed E-state index contributed by atoms with van der Waals surface area (Å²) in [5, 5.41) is 21.1. The molecule has 0 aliphatic rings. The maximum absolute atomic E-state index is 10.4. The molecule has 2 rings (SSSR count). The molecule has 1 heterocycles. The first-order valence-corrected chi connectivity index (χ1v) is 4.78. The number of hydrazone groups is 1. The van der Waals surface area contributed by atoms with Gasteiger partial charge in [-0.1, -0.05) is 0 Å². The third-order valence-electron chi connectivity index (χ3n) is 2.00. The molecule has 9 heteroatoms. The van der Waals surface area contributed by atoms with Gasteiger partial charge >= 0.3 is 0 Å². The largest absolute Gasteiger partial charge is 0.378 e. The standard InChI is InChI=1S/C9H8N6O3/c10-8-9(14-18-13-8)12-11-5-6-1-3-7(4-2-6)15(16)17/h1-5H,(H2,10,13)(H,12,14)/b11-5+. The highest BCUT2D eigenvalue weighted by molar-refractivity contribution is 5.80. The van der Waals surface area contributed by atoms with Crippen molar-refractivity contribution in [2.75, 3.05) is 11.2 Å². The number of nitro groups is 1. The van der Waals surface area contributed by atoms with Crippen LogP contribution in [-0.2, 0) is 0 Å². The number of rotatable bonds is 4. The van der Waals surface area contributed by atoms with Crippen LogP contribution in [0.4, 0.5) is 17.3 Å². The molecule has 0 saturated heterocycles. The second kappa shape index (κ2) is 4.91. The molecule has 0 aliphatic heterocycles. The fourth-order valence-corrected chi connectivity index (χ4v) is 1.12. The number of aromatic nitrogens is 2. The Kier molecular flexibility index (Phi) is 3.14. The average molecular weight is 248 g/mol. The minimum absolute atomic E-state index is 0.0186. The van der Waals surface area contributed by atoms with Gasteiger partial charge in [-0.15, -0.1) is 0 Å². The molecule has 3 N–H and O–H groups in total. The van der Waals surface area contributed by atoms with E-state index in [9.17, 15) is 10.1 Å². The van der Waals surface area contributed by atoms with Gasteiger partial charge < -0.3 is 5.73 Å². The molecular weight excluding hydrogens is 240 g/mol. The van der Waals surface area contributed by atoms with Gasteiger partial charge in [0.05, 0.1) is 11.1 Å². The van der Waals surface area contributed by atoms with Crippen LogP contribution in [0.15, 0.2) is 34.0 Å². The topological polar surface area (TPSA) is 132 Å². The second-order valence-corrected chi connectivity index (χ2v) is 3.22. The van der Waals surface area contributed by atoms with E-state index in [1.165, 1.54) is 18.3 Å². The third kappa shape index (κ3) is 2.58. The summed E-state index contributed by atoms with van der Waals surface area (Å²) in [5.74, 6) is 0.295. The summed E-state index contributed by atoms with van der Waals surface area (Å²) in [4.78, 5) is 9.97. The van der Waals surface area contributed by atoms with E-state index in [0.29, 0.717) is 5.56 Å². The van der Waals surface area contributed by atoms with Gasteiger partial charge in [-0.25, -0.2) is 4.63 Å². The number of nitrogen functional groups attached to an aromatic ring is 1. The predicted molar refractivity (Wildman–Crippen MR) is 63.0 cm³/mol. The Hall–Kier alpha value is -2.97. The van der Waals surface area contributed by atoms with Crippen molar-refractivity contribution in [1.82, 2.24) is 10.3 Å². The molecule has 0 fully saturated rings. The molecule has 0 unspecified atom stereocenters. The summed E-state index contributed by atoms with van der Waals surface area (Å²) in [5.41, 5.74) is 8.62. The van der Waals surface area contributed by atoms with Crippen LogP contribution in [0.1, 0.15) is 5.56 Å². The molecule has 9 nitrogen and oxygen atoms in total. The Morgan fingerprint density at radius 3 is 2.67 bits per heavy atom. The summed E-state index contributed by atoms with van der Waals surface area (Å²) in [6.07, 6.45) is 1.46. The lowest BCUT2D eigenvalue weighted by atomic mass is 10.2. The van der Waals surface area contributed by atoms with Crippen molar-refractivity contribution in [3.63, 3.8) is 0 Å². The lowest BCUT2D eigenvalue weighted by Gasteiger charge is -1.94. The van der Waals surface area contributed by atoms with E-state index in [1.54, 1.807) is 12.1 Å². The highest BCUT2D eigenvalue weighted by Gasteiger charge is 2.04. The fourth-order valence-electron chi connectivity index (χ4n) is 1.12. The van der Waals surface area contributed by atoms with Crippen molar-refractivity contribution in [3.05, 3.63) is 39.9 Å². The Labute approximate surface area is 100 Å². The zero-order valence-corrected chi connectivity index (χ0v) is 8.98. The van der Waals surface area contributed by atoms with Crippen molar-refractivity contribution in [3.8, 4) is 0 Å². The molecule has 0 radical (unpaired) electrons. The molecule has 1 aromatic carbocycles. The van der Waals surface area contributed by atoms with Crippen LogP contribution in [0.2, 0.25) is 0 Å². The number of hydrogen-bond acceptors (Lipinski definition) is 8. The normalized spacial score (nSPS) is 10.7. The quantitative estimate of drug-likeness (QED) is 0.468. The highest BCUT2D eigenvalue weighted by Crippen LogP contribution is 2.12. The monoisotopic (exact) mass is 248 g/mol. The molecule has 1 aromatic heterocycles. The molecule has 0 saturated carbocycles. The van der Waals surface area contributed by atoms with Crippen molar-refractivity contribution in [1.29, 1.82) is 0 Å². The van der Waals surface area contributed by atoms with Gasteiger partial charge in [0.25, 0.3) is 5.69 Å². The van der Waals surface area contributed by atoms with Gasteiger partial charge in [0, 0.05) is 12.1 Å². The Balaban J connectivity index is 2.01. The zero-order valence-electron chi connectivity index (χ0n) is 8.98. The van der Waals surface area contributed by atoms with Crippen LogP contribution >= 0.6 is 0 Å². The van der Waals surface area contributed by atoms with E-state index in [4.69, 9.17) is 5.73 Å². The van der Waals surface area contributed by atoms with Crippen LogP contribution in [0, 0.1) is 10.1 Å². The van der Waals surface area contributed by atoms with Crippen LogP contribution in [0.3, 0.4) is 0 Å². The third-order valence-corrected chi connectivity index (χ3v) is 2.00. The van der Waals surface area contributed by atoms with E-state index in [0.717, 1.165) is 0 Å². The Morgan fingerprint density at radius 1 is 1.39 bits per heavy atom. The first kappa shape index (κ1) is 11.5. The molecule has 0 aliphatic carbocycles. The van der Waals surface area contributed by atoms with E-state index in [-0.39, 0.29) is 17.3 Å². The zero-order chi connectivity index (χ0) is 13.0. The van der Waals surface area contributed by atoms with Crippen molar-refractivity contribution in [2.45, 2.75) is 0 Å². The molecule has 2 aromatic rings. The molecule has 0 atom stereocenters. The second-order valence-electron chi connectivity index (χ2n) is 3.22. The lowest BCUT2D eigenvalue weighted by molar-refractivity contribution is -0.384. The van der Waals surface area contributed by atoms with Crippen LogP contribution in [-0.4, -0.2) is 21.5 Å². The minimum Gasteiger partial charge on any atom is -0.378 e. The molecule has 92 valence electrons. The molecule has 0 amide bonds. The van der Waals surface area contributed by atoms with Gasteiger partial charge in [0.1, 0.15) is 0 Å². The van der Waals surface area contributed by atoms with Crippen LogP contribution in [0.25, 0.3) is 0 Å². The van der Waals surface area contributed by atoms with Crippen LogP contribution in [0.5, 0.6) is 0 Å². The van der Waals surface area contributed by atoms with Gasteiger partial charge in [-0.05, 0) is 28.0 Å².